The number of ether oxygens (including phenoxy) is 2. The molecule has 0 radical (unpaired) electrons. The minimum atomic E-state index is -0.979. The van der Waals surface area contributed by atoms with Crippen LogP contribution in [0.25, 0.3) is 0 Å². The minimum absolute atomic E-state index is 0.184. The number of hydrogen-bond donors (Lipinski definition) is 1. The van der Waals surface area contributed by atoms with Crippen molar-refractivity contribution in [1.29, 1.82) is 0 Å². The summed E-state index contributed by atoms with van der Waals surface area (Å²) in [5.74, 6) is -0.587. The summed E-state index contributed by atoms with van der Waals surface area (Å²) in [6.07, 6.45) is 0. The lowest BCUT2D eigenvalue weighted by atomic mass is 10.1. The quantitative estimate of drug-likeness (QED) is 0.729. The zero-order valence-electron chi connectivity index (χ0n) is 11.7. The first-order valence-corrected chi connectivity index (χ1v) is 6.25. The third-order valence-electron chi connectivity index (χ3n) is 2.77. The second kappa shape index (κ2) is 7.76. The lowest BCUT2D eigenvalue weighted by Crippen LogP contribution is -2.22. The van der Waals surface area contributed by atoms with Crippen LogP contribution in [0.3, 0.4) is 0 Å². The summed E-state index contributed by atoms with van der Waals surface area (Å²) in [5.41, 5.74) is 1.20. The number of aromatic carboxylic acids is 1. The molecule has 0 aliphatic carbocycles. The van der Waals surface area contributed by atoms with Crippen LogP contribution >= 0.6 is 0 Å². The summed E-state index contributed by atoms with van der Waals surface area (Å²) >= 11 is 0. The molecule has 0 aliphatic rings. The Morgan fingerprint density at radius 3 is 2.74 bits per heavy atom. The first-order chi connectivity index (χ1) is 9.08. The van der Waals surface area contributed by atoms with Gasteiger partial charge >= 0.3 is 5.97 Å². The molecule has 1 rings (SSSR count). The van der Waals surface area contributed by atoms with Gasteiger partial charge in [-0.2, -0.15) is 0 Å². The van der Waals surface area contributed by atoms with Gasteiger partial charge in [0.05, 0.1) is 13.7 Å². The topological polar surface area (TPSA) is 59.0 Å². The predicted octanol–water partition coefficient (Wildman–Crippen LogP) is 1.86. The van der Waals surface area contributed by atoms with Crippen LogP contribution in [0.15, 0.2) is 18.2 Å². The van der Waals surface area contributed by atoms with Crippen LogP contribution in [-0.2, 0) is 11.3 Å². The Bertz CT molecular complexity index is 420. The molecule has 0 saturated carbocycles. The summed E-state index contributed by atoms with van der Waals surface area (Å²) in [5, 5.41) is 9.01. The van der Waals surface area contributed by atoms with Crippen LogP contribution in [0.4, 0.5) is 0 Å². The highest BCUT2D eigenvalue weighted by molar-refractivity contribution is 5.90. The largest absolute Gasteiger partial charge is 0.496 e. The molecular weight excluding hydrogens is 246 g/mol. The standard InChI is InChI=1S/C14H21NO4/c1-4-19-8-7-15(2)10-11-5-6-12(14(16)17)13(9-11)18-3/h5-6,9H,4,7-8,10H2,1-3H3,(H,16,17). The average Bonchev–Trinajstić information content (AvgIpc) is 2.38. The normalized spacial score (nSPS) is 10.7. The molecule has 1 aromatic rings. The van der Waals surface area contributed by atoms with Gasteiger partial charge in [0.15, 0.2) is 0 Å². The highest BCUT2D eigenvalue weighted by Gasteiger charge is 2.11. The molecule has 1 aromatic carbocycles. The minimum Gasteiger partial charge on any atom is -0.496 e. The summed E-state index contributed by atoms with van der Waals surface area (Å²) in [4.78, 5) is 13.1. The van der Waals surface area contributed by atoms with Gasteiger partial charge in [-0.1, -0.05) is 6.07 Å². The van der Waals surface area contributed by atoms with Gasteiger partial charge in [-0.15, -0.1) is 0 Å². The van der Waals surface area contributed by atoms with Crippen LogP contribution in [0.1, 0.15) is 22.8 Å². The first-order valence-electron chi connectivity index (χ1n) is 6.25. The Labute approximate surface area is 113 Å². The molecule has 0 heterocycles. The fourth-order valence-corrected chi connectivity index (χ4v) is 1.77. The Morgan fingerprint density at radius 1 is 1.42 bits per heavy atom. The van der Waals surface area contributed by atoms with E-state index in [2.05, 4.69) is 4.90 Å². The van der Waals surface area contributed by atoms with Crippen molar-refractivity contribution in [2.75, 3.05) is 33.9 Å². The summed E-state index contributed by atoms with van der Waals surface area (Å²) < 4.78 is 10.4. The zero-order chi connectivity index (χ0) is 14.3. The molecule has 5 heteroatoms. The van der Waals surface area contributed by atoms with Crippen molar-refractivity contribution in [2.45, 2.75) is 13.5 Å². The van der Waals surface area contributed by atoms with E-state index in [0.717, 1.165) is 25.3 Å². The van der Waals surface area contributed by atoms with Gasteiger partial charge in [0.2, 0.25) is 0 Å². The fraction of sp³-hybridized carbons (Fsp3) is 0.500. The van der Waals surface area contributed by atoms with Crippen LogP contribution in [0.5, 0.6) is 5.75 Å². The van der Waals surface area contributed by atoms with E-state index in [-0.39, 0.29) is 5.56 Å². The number of carbonyl (C=O) groups is 1. The van der Waals surface area contributed by atoms with E-state index in [9.17, 15) is 4.79 Å². The summed E-state index contributed by atoms with van der Waals surface area (Å²) in [6.45, 7) is 4.93. The Balaban J connectivity index is 2.66. The molecule has 0 atom stereocenters. The predicted molar refractivity (Wildman–Crippen MR) is 72.8 cm³/mol. The SMILES string of the molecule is CCOCCN(C)Cc1ccc(C(=O)O)c(OC)c1. The van der Waals surface area contributed by atoms with Crippen molar-refractivity contribution in [3.63, 3.8) is 0 Å². The number of hydrogen-bond acceptors (Lipinski definition) is 4. The number of carboxylic acids is 1. The van der Waals surface area contributed by atoms with Crippen molar-refractivity contribution in [3.8, 4) is 5.75 Å². The second-order valence-electron chi connectivity index (χ2n) is 4.27. The Hall–Kier alpha value is -1.59. The summed E-state index contributed by atoms with van der Waals surface area (Å²) in [6, 6.07) is 5.15. The van der Waals surface area contributed by atoms with Crippen LogP contribution in [0, 0.1) is 0 Å². The first kappa shape index (κ1) is 15.5. The molecular formula is C14H21NO4. The molecule has 0 spiro atoms. The van der Waals surface area contributed by atoms with Gasteiger partial charge in [-0.25, -0.2) is 4.79 Å². The molecule has 5 nitrogen and oxygen atoms in total. The van der Waals surface area contributed by atoms with Crippen molar-refractivity contribution in [1.82, 2.24) is 4.90 Å². The molecule has 0 bridgehead atoms. The van der Waals surface area contributed by atoms with E-state index < -0.39 is 5.97 Å². The van der Waals surface area contributed by atoms with Gasteiger partial charge in [0.25, 0.3) is 0 Å². The van der Waals surface area contributed by atoms with Crippen molar-refractivity contribution < 1.29 is 19.4 Å². The molecule has 106 valence electrons. The van der Waals surface area contributed by atoms with Crippen molar-refractivity contribution in [3.05, 3.63) is 29.3 Å². The van der Waals surface area contributed by atoms with Gasteiger partial charge in [-0.05, 0) is 31.7 Å². The van der Waals surface area contributed by atoms with Crippen LogP contribution < -0.4 is 4.74 Å². The summed E-state index contributed by atoms with van der Waals surface area (Å²) in [7, 11) is 3.47. The molecule has 19 heavy (non-hydrogen) atoms. The van der Waals surface area contributed by atoms with E-state index in [1.165, 1.54) is 7.11 Å². The lowest BCUT2D eigenvalue weighted by molar-refractivity contribution is 0.0693. The fourth-order valence-electron chi connectivity index (χ4n) is 1.77. The maximum Gasteiger partial charge on any atom is 0.339 e. The number of nitrogens with zero attached hydrogens (tertiary/aromatic N) is 1. The highest BCUT2D eigenvalue weighted by Crippen LogP contribution is 2.20. The number of rotatable bonds is 8. The second-order valence-corrected chi connectivity index (χ2v) is 4.27. The molecule has 0 aliphatic heterocycles. The number of benzene rings is 1. The number of methoxy groups -OCH3 is 1. The average molecular weight is 267 g/mol. The van der Waals surface area contributed by atoms with Crippen molar-refractivity contribution >= 4 is 5.97 Å². The van der Waals surface area contributed by atoms with Gasteiger partial charge in [0.1, 0.15) is 11.3 Å². The maximum absolute atomic E-state index is 11.0. The van der Waals surface area contributed by atoms with E-state index in [1.54, 1.807) is 12.1 Å². The monoisotopic (exact) mass is 267 g/mol. The molecule has 1 N–H and O–H groups in total. The lowest BCUT2D eigenvalue weighted by Gasteiger charge is -2.17. The van der Waals surface area contributed by atoms with Gasteiger partial charge in [0, 0.05) is 19.7 Å². The molecule has 0 aromatic heterocycles. The van der Waals surface area contributed by atoms with Gasteiger partial charge in [-0.3, -0.25) is 4.90 Å². The van der Waals surface area contributed by atoms with Crippen LogP contribution in [0.2, 0.25) is 0 Å². The Kier molecular flexibility index (Phi) is 6.32. The van der Waals surface area contributed by atoms with E-state index in [0.29, 0.717) is 12.4 Å². The van der Waals surface area contributed by atoms with E-state index >= 15 is 0 Å². The van der Waals surface area contributed by atoms with E-state index in [1.807, 2.05) is 20.0 Å². The molecule has 0 amide bonds. The number of likely N-dealkylation sites (N-methyl/N-ethyl adjacent to an activating group) is 1. The zero-order valence-corrected chi connectivity index (χ0v) is 11.7. The smallest absolute Gasteiger partial charge is 0.339 e. The Morgan fingerprint density at radius 2 is 2.16 bits per heavy atom. The maximum atomic E-state index is 11.0. The number of carboxylic acid groups (broad SMARTS) is 1. The van der Waals surface area contributed by atoms with E-state index in [4.69, 9.17) is 14.6 Å². The van der Waals surface area contributed by atoms with Gasteiger partial charge < -0.3 is 14.6 Å². The highest BCUT2D eigenvalue weighted by atomic mass is 16.5. The molecule has 0 fully saturated rings. The molecule has 0 unspecified atom stereocenters. The third-order valence-corrected chi connectivity index (χ3v) is 2.77. The molecule has 0 saturated heterocycles. The third kappa shape index (κ3) is 4.89. The van der Waals surface area contributed by atoms with Crippen molar-refractivity contribution in [2.24, 2.45) is 0 Å². The van der Waals surface area contributed by atoms with Crippen LogP contribution in [-0.4, -0.2) is 49.9 Å².